The van der Waals surface area contributed by atoms with E-state index in [0.717, 1.165) is 6.54 Å². The topological polar surface area (TPSA) is 29.1 Å². The van der Waals surface area contributed by atoms with Gasteiger partial charge in [0.05, 0.1) is 6.54 Å². The van der Waals surface area contributed by atoms with Gasteiger partial charge in [0.15, 0.2) is 5.78 Å². The molecule has 1 radical (unpaired) electrons. The number of ketones is 1. The molecule has 0 aliphatic heterocycles. The smallest absolute Gasteiger partial charge is 0.169 e. The van der Waals surface area contributed by atoms with E-state index in [4.69, 9.17) is 0 Å². The Balaban J connectivity index is -0.0000000320. The molecule has 7 heteroatoms. The average molecular weight is 300 g/mol. The fourth-order valence-corrected chi connectivity index (χ4v) is 0.493. The Kier molecular flexibility index (Phi) is 77.7. The molecule has 0 bridgehead atoms. The van der Waals surface area contributed by atoms with E-state index >= 15 is 0 Å². The monoisotopic (exact) mass is 300 g/mol. The first-order valence-corrected chi connectivity index (χ1v) is 3.17. The summed E-state index contributed by atoms with van der Waals surface area (Å²) in [4.78, 5) is 10.7. The molecule has 0 unspecified atom stereocenters. The Bertz CT molecular complexity index is 124. The molecule has 0 aromatic rings. The number of carbonyl (C=O) groups is 1. The number of rotatable bonds is 4. The van der Waals surface area contributed by atoms with E-state index in [9.17, 15) is 4.79 Å². The minimum absolute atomic E-state index is 0. The zero-order valence-corrected chi connectivity index (χ0v) is 10.3. The third-order valence-electron chi connectivity index (χ3n) is 0.902. The van der Waals surface area contributed by atoms with Gasteiger partial charge in [-0.25, -0.2) is 0 Å². The molecule has 0 rings (SSSR count). The Morgan fingerprint density at radius 3 is 1.93 bits per heavy atom. The predicted molar refractivity (Wildman–Crippen MR) is 48.4 cm³/mol. The summed E-state index contributed by atoms with van der Waals surface area (Å²) >= 11 is 0. The fourth-order valence-electron chi connectivity index (χ4n) is 0.493. The minimum atomic E-state index is 0. The molecule has 0 fully saturated rings. The Labute approximate surface area is 96.5 Å². The summed E-state index contributed by atoms with van der Waals surface area (Å²) in [6.07, 6.45) is 3.32. The maximum absolute atomic E-state index is 10.7. The molecule has 1 N–H and O–H groups in total. The first-order chi connectivity index (χ1) is 4.31. The Hall–Kier alpha value is -0.170. The van der Waals surface area contributed by atoms with Crippen LogP contribution in [0, 0.1) is 0 Å². The van der Waals surface area contributed by atoms with Crippen LogP contribution in [0.1, 0.15) is 13.8 Å². The zero-order valence-electron chi connectivity index (χ0n) is 8.06. The van der Waals surface area contributed by atoms with E-state index in [1.807, 2.05) is 13.8 Å². The Morgan fingerprint density at radius 1 is 1.21 bits per heavy atom. The van der Waals surface area contributed by atoms with Crippen molar-refractivity contribution in [3.05, 3.63) is 12.2 Å². The fraction of sp³-hybridized carbons (Fsp3) is 0.571. The number of nitrogens with one attached hydrogen (secondary N) is 1. The summed E-state index contributed by atoms with van der Waals surface area (Å²) in [6, 6.07) is 0. The van der Waals surface area contributed by atoms with Crippen LogP contribution in [0.3, 0.4) is 0 Å². The molecule has 0 aliphatic carbocycles. The number of likely N-dealkylation sites (N-methyl/N-ethyl adjacent to an activating group) is 1. The molecular formula is C7H17F4NNbO. The number of carbonyl (C=O) groups excluding carboxylic acids is 1. The van der Waals surface area contributed by atoms with Gasteiger partial charge in [0.2, 0.25) is 0 Å². The van der Waals surface area contributed by atoms with Crippen molar-refractivity contribution >= 4 is 5.78 Å². The van der Waals surface area contributed by atoms with Crippen LogP contribution in [-0.2, 0) is 27.2 Å². The van der Waals surface area contributed by atoms with E-state index in [-0.39, 0.29) is 47.0 Å². The van der Waals surface area contributed by atoms with Crippen molar-refractivity contribution in [2.45, 2.75) is 13.8 Å². The van der Waals surface area contributed by atoms with Crippen LogP contribution in [0.2, 0.25) is 0 Å². The largest absolute Gasteiger partial charge is 0.310 e. The van der Waals surface area contributed by atoms with Crippen molar-refractivity contribution < 1.29 is 46.0 Å². The van der Waals surface area contributed by atoms with Crippen LogP contribution in [0.15, 0.2) is 12.2 Å². The summed E-state index contributed by atoms with van der Waals surface area (Å²) in [5.41, 5.74) is 0. The van der Waals surface area contributed by atoms with Crippen molar-refractivity contribution in [3.63, 3.8) is 0 Å². The molecule has 0 amide bonds. The summed E-state index contributed by atoms with van der Waals surface area (Å²) < 4.78 is 0. The first-order valence-electron chi connectivity index (χ1n) is 3.17. The predicted octanol–water partition coefficient (Wildman–Crippen LogP) is 1.35. The van der Waals surface area contributed by atoms with Gasteiger partial charge in [-0.05, 0) is 19.5 Å². The van der Waals surface area contributed by atoms with Crippen molar-refractivity contribution in [2.75, 3.05) is 13.1 Å². The van der Waals surface area contributed by atoms with Gasteiger partial charge in [-0.2, -0.15) is 0 Å². The maximum atomic E-state index is 10.7. The first kappa shape index (κ1) is 37.1. The van der Waals surface area contributed by atoms with Crippen molar-refractivity contribution in [1.29, 1.82) is 0 Å². The molecular weight excluding hydrogens is 283 g/mol. The van der Waals surface area contributed by atoms with Crippen LogP contribution in [0.25, 0.3) is 0 Å². The van der Waals surface area contributed by atoms with Crippen LogP contribution in [0.5, 0.6) is 0 Å². The molecule has 14 heavy (non-hydrogen) atoms. The van der Waals surface area contributed by atoms with Gasteiger partial charge in [-0.1, -0.05) is 13.0 Å². The third-order valence-corrected chi connectivity index (χ3v) is 0.902. The third kappa shape index (κ3) is 29.7. The summed E-state index contributed by atoms with van der Waals surface area (Å²) in [5.74, 6) is 0.138. The number of hydrogen-bond donors (Lipinski definition) is 1. The van der Waals surface area contributed by atoms with Gasteiger partial charge in [0.1, 0.15) is 0 Å². The van der Waals surface area contributed by atoms with E-state index in [0.29, 0.717) is 6.54 Å². The second-order valence-corrected chi connectivity index (χ2v) is 1.75. The molecule has 0 atom stereocenters. The molecule has 0 heterocycles. The summed E-state index contributed by atoms with van der Waals surface area (Å²) in [6.45, 7) is 5.12. The van der Waals surface area contributed by atoms with Gasteiger partial charge in [-0.3, -0.25) is 23.6 Å². The number of halogens is 4. The molecule has 0 aromatic heterocycles. The SMILES string of the molecule is CC=CC(=O)CNCC.F.F.F.F.[Nb]. The van der Waals surface area contributed by atoms with Gasteiger partial charge in [-0.15, -0.1) is 0 Å². The molecule has 0 saturated carbocycles. The maximum Gasteiger partial charge on any atom is 0.169 e. The van der Waals surface area contributed by atoms with Crippen LogP contribution < -0.4 is 5.32 Å². The second-order valence-electron chi connectivity index (χ2n) is 1.75. The van der Waals surface area contributed by atoms with Gasteiger partial charge >= 0.3 is 0 Å². The summed E-state index contributed by atoms with van der Waals surface area (Å²) in [7, 11) is 0. The Morgan fingerprint density at radius 2 is 1.64 bits per heavy atom. The number of hydrogen-bond acceptors (Lipinski definition) is 2. The quantitative estimate of drug-likeness (QED) is 0.482. The molecule has 89 valence electrons. The van der Waals surface area contributed by atoms with Crippen LogP contribution >= 0.6 is 0 Å². The molecule has 0 spiro atoms. The molecule has 2 nitrogen and oxygen atoms in total. The molecule has 0 saturated heterocycles. The van der Waals surface area contributed by atoms with Gasteiger partial charge < -0.3 is 5.32 Å². The zero-order chi connectivity index (χ0) is 7.11. The van der Waals surface area contributed by atoms with E-state index in [1.165, 1.54) is 0 Å². The van der Waals surface area contributed by atoms with Crippen molar-refractivity contribution in [2.24, 2.45) is 0 Å². The molecule has 0 aliphatic rings. The van der Waals surface area contributed by atoms with Gasteiger partial charge in [0, 0.05) is 22.4 Å². The van der Waals surface area contributed by atoms with Crippen LogP contribution in [0.4, 0.5) is 18.8 Å². The van der Waals surface area contributed by atoms with Crippen LogP contribution in [-0.4, -0.2) is 18.9 Å². The van der Waals surface area contributed by atoms with Gasteiger partial charge in [0.25, 0.3) is 0 Å². The average Bonchev–Trinajstić information content (AvgIpc) is 1.85. The second kappa shape index (κ2) is 29.3. The number of allylic oxidation sites excluding steroid dienone is 1. The van der Waals surface area contributed by atoms with E-state index in [1.54, 1.807) is 12.2 Å². The van der Waals surface area contributed by atoms with Crippen molar-refractivity contribution in [1.82, 2.24) is 5.32 Å². The van der Waals surface area contributed by atoms with E-state index in [2.05, 4.69) is 5.32 Å². The molecule has 0 aromatic carbocycles. The summed E-state index contributed by atoms with van der Waals surface area (Å²) in [5, 5.41) is 2.93. The minimum Gasteiger partial charge on any atom is -0.310 e. The normalized spacial score (nSPS) is 6.71. The standard InChI is InChI=1S/C7H13NO.4FH.Nb/c1-3-5-7(9)6-8-4-2;;;;;/h3,5,8H,4,6H2,1-2H3;4*1H;. The van der Waals surface area contributed by atoms with E-state index < -0.39 is 0 Å². The van der Waals surface area contributed by atoms with Crippen molar-refractivity contribution in [3.8, 4) is 0 Å².